The minimum Gasteiger partial charge on any atom is -0.386 e. The highest BCUT2D eigenvalue weighted by Crippen LogP contribution is 2.49. The Kier molecular flexibility index (Phi) is 7.17. The maximum Gasteiger partial charge on any atom is 0.169 e. The molecule has 0 aliphatic carbocycles. The number of hydrogen-bond donors (Lipinski definition) is 1. The summed E-state index contributed by atoms with van der Waals surface area (Å²) in [5, 5.41) is 11.5. The highest BCUT2D eigenvalue weighted by Gasteiger charge is 2.52. The van der Waals surface area contributed by atoms with Gasteiger partial charge in [0.25, 0.3) is 0 Å². The lowest BCUT2D eigenvalue weighted by atomic mass is 9.75. The van der Waals surface area contributed by atoms with Gasteiger partial charge in [-0.25, -0.2) is 0 Å². The summed E-state index contributed by atoms with van der Waals surface area (Å²) >= 11 is 0. The van der Waals surface area contributed by atoms with Crippen molar-refractivity contribution < 1.29 is 19.4 Å². The first-order valence-electron chi connectivity index (χ1n) is 12.2. The molecule has 5 atom stereocenters. The highest BCUT2D eigenvalue weighted by atomic mass is 16.5. The molecule has 36 heavy (non-hydrogen) atoms. The predicted octanol–water partition coefficient (Wildman–Crippen LogP) is 6.25. The number of benzene rings is 4. The van der Waals surface area contributed by atoms with E-state index in [1.807, 2.05) is 97.1 Å². The average Bonchev–Trinajstić information content (AvgIpc) is 3.33. The van der Waals surface area contributed by atoms with Crippen LogP contribution in [0.1, 0.15) is 50.5 Å². The van der Waals surface area contributed by atoms with Crippen LogP contribution in [-0.2, 0) is 4.74 Å². The second kappa shape index (κ2) is 10.8. The lowest BCUT2D eigenvalue weighted by Crippen LogP contribution is -2.34. The highest BCUT2D eigenvalue weighted by molar-refractivity contribution is 6.00. The lowest BCUT2D eigenvalue weighted by molar-refractivity contribution is -0.0476. The number of ketones is 2. The first-order chi connectivity index (χ1) is 17.6. The molecule has 4 nitrogen and oxygen atoms in total. The van der Waals surface area contributed by atoms with Crippen molar-refractivity contribution in [1.82, 2.24) is 0 Å². The molecule has 4 aromatic carbocycles. The summed E-state index contributed by atoms with van der Waals surface area (Å²) in [7, 11) is 0. The van der Waals surface area contributed by atoms with Crippen molar-refractivity contribution in [2.75, 3.05) is 0 Å². The zero-order chi connectivity index (χ0) is 24.9. The summed E-state index contributed by atoms with van der Waals surface area (Å²) in [6.45, 7) is 0. The van der Waals surface area contributed by atoms with Gasteiger partial charge >= 0.3 is 0 Å². The Labute approximate surface area is 211 Å². The smallest absolute Gasteiger partial charge is 0.169 e. The first kappa shape index (κ1) is 23.9. The Hall–Kier alpha value is -3.86. The number of carbonyl (C=O) groups is 2. The molecule has 1 fully saturated rings. The number of ether oxygens (including phenoxy) is 1. The van der Waals surface area contributed by atoms with Gasteiger partial charge in [0.2, 0.25) is 0 Å². The number of Topliss-reactive ketones (excluding diaryl/α,β-unsaturated/α-hetero) is 2. The normalized spacial score (nSPS) is 22.1. The second-order valence-corrected chi connectivity index (χ2v) is 9.20. The van der Waals surface area contributed by atoms with E-state index in [-0.39, 0.29) is 18.0 Å². The molecule has 5 rings (SSSR count). The molecule has 0 spiro atoms. The van der Waals surface area contributed by atoms with Gasteiger partial charge in [0.05, 0.1) is 18.1 Å². The number of aliphatic hydroxyl groups excluding tert-OH is 1. The van der Waals surface area contributed by atoms with Crippen LogP contribution in [-0.4, -0.2) is 22.8 Å². The maximum absolute atomic E-state index is 14.0. The van der Waals surface area contributed by atoms with Crippen molar-refractivity contribution in [2.24, 2.45) is 11.8 Å². The minimum absolute atomic E-state index is 0.0501. The summed E-state index contributed by atoms with van der Waals surface area (Å²) in [6, 6.07) is 37.1. The second-order valence-electron chi connectivity index (χ2n) is 9.20. The lowest BCUT2D eigenvalue weighted by Gasteiger charge is -2.26. The largest absolute Gasteiger partial charge is 0.386 e. The third-order valence-electron chi connectivity index (χ3n) is 6.97. The minimum atomic E-state index is -1.02. The standard InChI is InChI=1S/C32H28O4/c33-27(22-13-5-1-6-14-22)21-26-28(29(34)23-15-7-2-8-16-23)32(30(35)24-17-9-3-10-18-24)36-31(26)25-19-11-4-12-20-25/h1-20,26,28,30-32,35H,21H2/t26-,28+,30-,31+,32-/m1/s1. The Morgan fingerprint density at radius 1 is 0.694 bits per heavy atom. The molecule has 0 radical (unpaired) electrons. The van der Waals surface area contributed by atoms with E-state index in [0.29, 0.717) is 16.7 Å². The van der Waals surface area contributed by atoms with E-state index < -0.39 is 30.1 Å². The summed E-state index contributed by atoms with van der Waals surface area (Å²) in [6.07, 6.45) is -2.21. The molecular weight excluding hydrogens is 448 g/mol. The van der Waals surface area contributed by atoms with E-state index in [1.165, 1.54) is 0 Å². The SMILES string of the molecule is O=C(C[C@@H]1[C@@H](C(=O)c2ccccc2)[C@H]([C@H](O)c2ccccc2)O[C@H]1c1ccccc1)c1ccccc1. The molecule has 180 valence electrons. The van der Waals surface area contributed by atoms with E-state index in [1.54, 1.807) is 24.3 Å². The van der Waals surface area contributed by atoms with Crippen LogP contribution in [0.2, 0.25) is 0 Å². The number of aliphatic hydroxyl groups is 1. The van der Waals surface area contributed by atoms with Crippen molar-refractivity contribution >= 4 is 11.6 Å². The van der Waals surface area contributed by atoms with Gasteiger partial charge in [0, 0.05) is 23.5 Å². The third-order valence-corrected chi connectivity index (χ3v) is 6.97. The Balaban J connectivity index is 1.58. The summed E-state index contributed by atoms with van der Waals surface area (Å²) in [4.78, 5) is 27.4. The van der Waals surface area contributed by atoms with Crippen LogP contribution >= 0.6 is 0 Å². The van der Waals surface area contributed by atoms with Crippen molar-refractivity contribution in [3.05, 3.63) is 144 Å². The fourth-order valence-electron chi connectivity index (χ4n) is 5.19. The number of hydrogen-bond acceptors (Lipinski definition) is 4. The van der Waals surface area contributed by atoms with Crippen LogP contribution in [0.5, 0.6) is 0 Å². The molecule has 4 heteroatoms. The molecule has 0 aromatic heterocycles. The monoisotopic (exact) mass is 476 g/mol. The summed E-state index contributed by atoms with van der Waals surface area (Å²) in [5.41, 5.74) is 2.71. The van der Waals surface area contributed by atoms with Crippen LogP contribution in [0, 0.1) is 11.8 Å². The Morgan fingerprint density at radius 2 is 1.19 bits per heavy atom. The van der Waals surface area contributed by atoms with Crippen molar-refractivity contribution in [3.63, 3.8) is 0 Å². The van der Waals surface area contributed by atoms with Gasteiger partial charge in [-0.1, -0.05) is 121 Å². The van der Waals surface area contributed by atoms with Crippen molar-refractivity contribution in [3.8, 4) is 0 Å². The fourth-order valence-corrected chi connectivity index (χ4v) is 5.19. The zero-order valence-electron chi connectivity index (χ0n) is 19.8. The molecule has 0 amide bonds. The van der Waals surface area contributed by atoms with E-state index in [4.69, 9.17) is 4.74 Å². The molecule has 0 saturated carbocycles. The van der Waals surface area contributed by atoms with Gasteiger partial charge in [0.1, 0.15) is 6.10 Å². The molecule has 0 bridgehead atoms. The molecule has 1 aliphatic heterocycles. The third kappa shape index (κ3) is 4.92. The van der Waals surface area contributed by atoms with Gasteiger partial charge in [0.15, 0.2) is 11.6 Å². The molecule has 0 unspecified atom stereocenters. The number of rotatable bonds is 8. The molecule has 1 heterocycles. The van der Waals surface area contributed by atoms with E-state index in [0.717, 1.165) is 5.56 Å². The number of carbonyl (C=O) groups excluding carboxylic acids is 2. The van der Waals surface area contributed by atoms with Gasteiger partial charge in [-0.3, -0.25) is 9.59 Å². The van der Waals surface area contributed by atoms with E-state index in [2.05, 4.69) is 0 Å². The fraction of sp³-hybridized carbons (Fsp3) is 0.188. The maximum atomic E-state index is 14.0. The van der Waals surface area contributed by atoms with Crippen molar-refractivity contribution in [1.29, 1.82) is 0 Å². The van der Waals surface area contributed by atoms with E-state index in [9.17, 15) is 14.7 Å². The zero-order valence-corrected chi connectivity index (χ0v) is 19.8. The molecule has 1 N–H and O–H groups in total. The molecular formula is C32H28O4. The quantitative estimate of drug-likeness (QED) is 0.305. The Bertz CT molecular complexity index is 1290. The van der Waals surface area contributed by atoms with Crippen LogP contribution in [0.25, 0.3) is 0 Å². The summed E-state index contributed by atoms with van der Waals surface area (Å²) in [5.74, 6) is -1.33. The van der Waals surface area contributed by atoms with Gasteiger partial charge in [-0.05, 0) is 11.1 Å². The van der Waals surface area contributed by atoms with Crippen molar-refractivity contribution in [2.45, 2.75) is 24.7 Å². The van der Waals surface area contributed by atoms with Crippen LogP contribution in [0.3, 0.4) is 0 Å². The Morgan fingerprint density at radius 3 is 1.78 bits per heavy atom. The topological polar surface area (TPSA) is 63.6 Å². The average molecular weight is 477 g/mol. The summed E-state index contributed by atoms with van der Waals surface area (Å²) < 4.78 is 6.55. The van der Waals surface area contributed by atoms with Crippen LogP contribution in [0.4, 0.5) is 0 Å². The molecule has 4 aromatic rings. The van der Waals surface area contributed by atoms with Gasteiger partial charge in [-0.2, -0.15) is 0 Å². The predicted molar refractivity (Wildman–Crippen MR) is 139 cm³/mol. The van der Waals surface area contributed by atoms with Crippen LogP contribution in [0.15, 0.2) is 121 Å². The van der Waals surface area contributed by atoms with Gasteiger partial charge in [-0.15, -0.1) is 0 Å². The molecule has 1 aliphatic rings. The first-order valence-corrected chi connectivity index (χ1v) is 12.2. The van der Waals surface area contributed by atoms with E-state index >= 15 is 0 Å². The van der Waals surface area contributed by atoms with Crippen LogP contribution < -0.4 is 0 Å². The van der Waals surface area contributed by atoms with Gasteiger partial charge < -0.3 is 9.84 Å². The molecule has 1 saturated heterocycles.